The molecular formula is C14H19N5OS. The summed E-state index contributed by atoms with van der Waals surface area (Å²) in [4.78, 5) is 11.9. The maximum atomic E-state index is 11.9. The van der Waals surface area contributed by atoms with Crippen molar-refractivity contribution in [2.45, 2.75) is 38.4 Å². The maximum absolute atomic E-state index is 11.9. The lowest BCUT2D eigenvalue weighted by Gasteiger charge is -2.08. The Hall–Kier alpha value is -1.89. The number of aryl methyl sites for hydroxylation is 1. The predicted octanol–water partition coefficient (Wildman–Crippen LogP) is 2.55. The molecule has 0 radical (unpaired) electrons. The number of rotatable bonds is 6. The molecule has 0 aliphatic heterocycles. The molecule has 1 aromatic heterocycles. The summed E-state index contributed by atoms with van der Waals surface area (Å²) in [6, 6.07) is 8.04. The molecule has 2 rings (SSSR count). The van der Waals surface area contributed by atoms with Gasteiger partial charge in [-0.15, -0.1) is 5.10 Å². The highest BCUT2D eigenvalue weighted by Gasteiger charge is 2.12. The minimum atomic E-state index is -0.0671. The fourth-order valence-corrected chi connectivity index (χ4v) is 2.56. The molecule has 7 heteroatoms. The number of benzene rings is 1. The van der Waals surface area contributed by atoms with Crippen molar-refractivity contribution in [2.24, 2.45) is 0 Å². The maximum Gasteiger partial charge on any atom is 0.234 e. The molecule has 1 aromatic carbocycles. The van der Waals surface area contributed by atoms with Crippen LogP contribution in [0.4, 0.5) is 5.69 Å². The van der Waals surface area contributed by atoms with Crippen molar-refractivity contribution in [3.05, 3.63) is 29.8 Å². The minimum absolute atomic E-state index is 0.0671. The summed E-state index contributed by atoms with van der Waals surface area (Å²) < 4.78 is 1.70. The van der Waals surface area contributed by atoms with Crippen molar-refractivity contribution in [1.82, 2.24) is 20.2 Å². The van der Waals surface area contributed by atoms with Crippen LogP contribution >= 0.6 is 11.8 Å². The van der Waals surface area contributed by atoms with Crippen molar-refractivity contribution in [3.8, 4) is 0 Å². The second kappa shape index (κ2) is 7.21. The normalized spacial score (nSPS) is 10.9. The summed E-state index contributed by atoms with van der Waals surface area (Å²) in [7, 11) is 0. The fourth-order valence-electron chi connectivity index (χ4n) is 1.76. The number of nitrogens with zero attached hydrogens (tertiary/aromatic N) is 4. The Kier molecular flexibility index (Phi) is 5.32. The van der Waals surface area contributed by atoms with Crippen LogP contribution in [0.15, 0.2) is 29.4 Å². The Labute approximate surface area is 128 Å². The second-order valence-corrected chi connectivity index (χ2v) is 5.83. The number of carbonyl (C=O) groups excluding carboxylic acids is 1. The first kappa shape index (κ1) is 15.5. The van der Waals surface area contributed by atoms with Gasteiger partial charge in [0.15, 0.2) is 0 Å². The van der Waals surface area contributed by atoms with E-state index in [2.05, 4.69) is 27.8 Å². The van der Waals surface area contributed by atoms with Crippen LogP contribution < -0.4 is 5.32 Å². The third-order valence-corrected chi connectivity index (χ3v) is 3.86. The number of tetrazole rings is 1. The number of thioether (sulfide) groups is 1. The Morgan fingerprint density at radius 3 is 2.67 bits per heavy atom. The van der Waals surface area contributed by atoms with Crippen molar-refractivity contribution in [1.29, 1.82) is 0 Å². The summed E-state index contributed by atoms with van der Waals surface area (Å²) in [6.07, 6.45) is 0.988. The number of carbonyl (C=O) groups is 1. The van der Waals surface area contributed by atoms with E-state index in [0.717, 1.165) is 12.1 Å². The predicted molar refractivity (Wildman–Crippen MR) is 83.4 cm³/mol. The summed E-state index contributed by atoms with van der Waals surface area (Å²) in [5, 5.41) is 15.0. The van der Waals surface area contributed by atoms with Crippen molar-refractivity contribution < 1.29 is 4.79 Å². The first-order chi connectivity index (χ1) is 10.1. The van der Waals surface area contributed by atoms with Crippen LogP contribution in [0, 0.1) is 0 Å². The van der Waals surface area contributed by atoms with Crippen LogP contribution in [0.5, 0.6) is 0 Å². The lowest BCUT2D eigenvalue weighted by atomic mass is 10.1. The number of hydrogen-bond acceptors (Lipinski definition) is 5. The van der Waals surface area contributed by atoms with Gasteiger partial charge in [-0.25, -0.2) is 4.68 Å². The largest absolute Gasteiger partial charge is 0.325 e. The van der Waals surface area contributed by atoms with Crippen LogP contribution in [0.3, 0.4) is 0 Å². The van der Waals surface area contributed by atoms with Gasteiger partial charge in [-0.3, -0.25) is 4.79 Å². The van der Waals surface area contributed by atoms with E-state index in [1.54, 1.807) is 4.68 Å². The smallest absolute Gasteiger partial charge is 0.234 e. The molecule has 1 heterocycles. The Bertz CT molecular complexity index is 594. The molecule has 0 fully saturated rings. The molecule has 2 aromatic rings. The molecular weight excluding hydrogens is 286 g/mol. The molecule has 1 N–H and O–H groups in total. The van der Waals surface area contributed by atoms with Gasteiger partial charge in [-0.1, -0.05) is 30.8 Å². The first-order valence-electron chi connectivity index (χ1n) is 6.89. The minimum Gasteiger partial charge on any atom is -0.325 e. The average Bonchev–Trinajstić information content (AvgIpc) is 2.94. The van der Waals surface area contributed by atoms with Gasteiger partial charge >= 0.3 is 0 Å². The van der Waals surface area contributed by atoms with Gasteiger partial charge in [-0.05, 0) is 48.4 Å². The number of amides is 1. The van der Waals surface area contributed by atoms with Gasteiger partial charge in [-0.2, -0.15) is 0 Å². The number of aromatic nitrogens is 4. The molecule has 0 saturated carbocycles. The van der Waals surface area contributed by atoms with E-state index in [4.69, 9.17) is 0 Å². The van der Waals surface area contributed by atoms with E-state index >= 15 is 0 Å². The van der Waals surface area contributed by atoms with Gasteiger partial charge in [0.25, 0.3) is 0 Å². The molecule has 0 saturated heterocycles. The van der Waals surface area contributed by atoms with E-state index in [9.17, 15) is 4.79 Å². The van der Waals surface area contributed by atoms with Crippen molar-refractivity contribution in [2.75, 3.05) is 11.1 Å². The molecule has 112 valence electrons. The van der Waals surface area contributed by atoms with Gasteiger partial charge in [0, 0.05) is 5.69 Å². The fraction of sp³-hybridized carbons (Fsp3) is 0.429. The summed E-state index contributed by atoms with van der Waals surface area (Å²) in [5.74, 6) is 0.213. The third-order valence-electron chi connectivity index (χ3n) is 2.93. The quantitative estimate of drug-likeness (QED) is 0.830. The lowest BCUT2D eigenvalue weighted by molar-refractivity contribution is -0.113. The number of hydrogen-bond donors (Lipinski definition) is 1. The molecule has 0 atom stereocenters. The van der Waals surface area contributed by atoms with E-state index in [0.29, 0.717) is 5.16 Å². The summed E-state index contributed by atoms with van der Waals surface area (Å²) >= 11 is 1.33. The van der Waals surface area contributed by atoms with E-state index < -0.39 is 0 Å². The van der Waals surface area contributed by atoms with Crippen molar-refractivity contribution >= 4 is 23.4 Å². The van der Waals surface area contributed by atoms with Crippen LogP contribution in [0.1, 0.15) is 32.4 Å². The van der Waals surface area contributed by atoms with Crippen LogP contribution in [0.25, 0.3) is 0 Å². The highest BCUT2D eigenvalue weighted by Crippen LogP contribution is 2.18. The van der Waals surface area contributed by atoms with Crippen molar-refractivity contribution in [3.63, 3.8) is 0 Å². The molecule has 0 spiro atoms. The topological polar surface area (TPSA) is 72.7 Å². The Morgan fingerprint density at radius 1 is 1.33 bits per heavy atom. The highest BCUT2D eigenvalue weighted by atomic mass is 32.2. The molecule has 0 aliphatic carbocycles. The monoisotopic (exact) mass is 305 g/mol. The number of anilines is 1. The van der Waals surface area contributed by atoms with Gasteiger partial charge < -0.3 is 5.32 Å². The van der Waals surface area contributed by atoms with E-state index in [1.807, 2.05) is 38.1 Å². The molecule has 1 amide bonds. The van der Waals surface area contributed by atoms with Gasteiger partial charge in [0.05, 0.1) is 11.8 Å². The third kappa shape index (κ3) is 4.29. The summed E-state index contributed by atoms with van der Waals surface area (Å²) in [5.41, 5.74) is 2.06. The second-order valence-electron chi connectivity index (χ2n) is 4.89. The molecule has 0 bridgehead atoms. The molecule has 6 nitrogen and oxygen atoms in total. The first-order valence-corrected chi connectivity index (χ1v) is 7.88. The number of nitrogens with one attached hydrogen (secondary N) is 1. The molecule has 0 aliphatic rings. The zero-order valence-corrected chi connectivity index (χ0v) is 13.2. The van der Waals surface area contributed by atoms with E-state index in [1.165, 1.54) is 17.3 Å². The van der Waals surface area contributed by atoms with Gasteiger partial charge in [0.1, 0.15) is 0 Å². The van der Waals surface area contributed by atoms with Crippen LogP contribution in [0.2, 0.25) is 0 Å². The highest BCUT2D eigenvalue weighted by molar-refractivity contribution is 7.99. The SMILES string of the molecule is CCc1ccc(NC(=O)CSc2nnnn2C(C)C)cc1. The Morgan fingerprint density at radius 2 is 2.05 bits per heavy atom. The standard InChI is InChI=1S/C14H19N5OS/c1-4-11-5-7-12(8-6-11)15-13(20)9-21-14-16-17-18-19(14)10(2)3/h5-8,10H,4,9H2,1-3H3,(H,15,20). The lowest BCUT2D eigenvalue weighted by Crippen LogP contribution is -2.15. The zero-order chi connectivity index (χ0) is 15.2. The van der Waals surface area contributed by atoms with E-state index in [-0.39, 0.29) is 17.7 Å². The van der Waals surface area contributed by atoms with Gasteiger partial charge in [0.2, 0.25) is 11.1 Å². The average molecular weight is 305 g/mol. The van der Waals surface area contributed by atoms with Crippen LogP contribution in [-0.2, 0) is 11.2 Å². The zero-order valence-electron chi connectivity index (χ0n) is 12.4. The molecule has 0 unspecified atom stereocenters. The Balaban J connectivity index is 1.88. The van der Waals surface area contributed by atoms with Crippen LogP contribution in [-0.4, -0.2) is 31.9 Å². The summed E-state index contributed by atoms with van der Waals surface area (Å²) in [6.45, 7) is 6.09. The molecule has 21 heavy (non-hydrogen) atoms.